The van der Waals surface area contributed by atoms with Gasteiger partial charge in [0.25, 0.3) is 0 Å². The van der Waals surface area contributed by atoms with Crippen LogP contribution in [0, 0.1) is 16.7 Å². The number of fused-ring (bicyclic) bond motifs is 1. The van der Waals surface area contributed by atoms with Gasteiger partial charge in [-0.2, -0.15) is 0 Å². The molecular weight excluding hydrogens is 621 g/mol. The maximum Gasteiger partial charge on any atom is 0.228 e. The number of aliphatic hydroxyl groups is 1. The Kier molecular flexibility index (Phi) is 12.4. The Morgan fingerprint density at radius 1 is 0.773 bits per heavy atom. The van der Waals surface area contributed by atoms with Crippen LogP contribution in [-0.2, 0) is 0 Å². The van der Waals surface area contributed by atoms with Crippen molar-refractivity contribution in [1.29, 1.82) is 10.8 Å². The molecule has 0 radical (unpaired) electrons. The lowest BCUT2D eigenvalue weighted by Gasteiger charge is -2.31. The maximum atomic E-state index is 12.9. The fourth-order valence-corrected chi connectivity index (χ4v) is 5.62. The standard InChI is InChI=1S/C22H19ClO3.C11H16ClN5.ClH/c23-16-11-9-14(10-12-16)13-5-7-15(8-6-13)19-20(24)17-3-1-2-4-18(17)21(25)22(19)26;1-7(2)15-10(13)17-11(14)16-9-5-3-8(12)4-6-9;/h1-4,9-13,15,26H,5-8H2;3-7H,1-2H3,(H5,13,14,15,16,17);1H/t13-,15-;;. The van der Waals surface area contributed by atoms with E-state index in [1.165, 1.54) is 5.56 Å². The zero-order valence-electron chi connectivity index (χ0n) is 24.4. The van der Waals surface area contributed by atoms with Gasteiger partial charge in [-0.25, -0.2) is 0 Å². The van der Waals surface area contributed by atoms with E-state index in [1.807, 2.05) is 26.0 Å². The third-order valence-electron chi connectivity index (χ3n) is 7.40. The Hall–Kier alpha value is -3.85. The number of anilines is 1. The van der Waals surface area contributed by atoms with Gasteiger partial charge in [-0.15, -0.1) is 12.4 Å². The normalized spacial score (nSPS) is 17.5. The highest BCUT2D eigenvalue weighted by Gasteiger charge is 2.37. The van der Waals surface area contributed by atoms with E-state index in [4.69, 9.17) is 34.0 Å². The highest BCUT2D eigenvalue weighted by Crippen LogP contribution is 2.42. The molecule has 1 saturated carbocycles. The number of hydrogen-bond donors (Lipinski definition) is 6. The van der Waals surface area contributed by atoms with Crippen molar-refractivity contribution in [1.82, 2.24) is 10.6 Å². The first kappa shape index (κ1) is 34.6. The number of rotatable bonds is 4. The first-order valence-corrected chi connectivity index (χ1v) is 14.9. The summed E-state index contributed by atoms with van der Waals surface area (Å²) in [5.74, 6) is -0.514. The number of carbonyl (C=O) groups excluding carboxylic acids is 2. The van der Waals surface area contributed by atoms with Gasteiger partial charge in [-0.1, -0.05) is 59.6 Å². The molecule has 232 valence electrons. The van der Waals surface area contributed by atoms with E-state index < -0.39 is 5.78 Å². The van der Waals surface area contributed by atoms with Gasteiger partial charge >= 0.3 is 0 Å². The Morgan fingerprint density at radius 3 is 1.82 bits per heavy atom. The average molecular weight is 657 g/mol. The minimum absolute atomic E-state index is 0. The molecule has 0 amide bonds. The van der Waals surface area contributed by atoms with E-state index in [0.717, 1.165) is 36.4 Å². The fraction of sp³-hybridized carbons (Fsp3) is 0.273. The minimum Gasteiger partial charge on any atom is -0.504 e. The Labute approximate surface area is 273 Å². The molecule has 0 unspecified atom stereocenters. The molecule has 3 aromatic carbocycles. The molecule has 2 aliphatic carbocycles. The molecule has 3 aromatic rings. The monoisotopic (exact) mass is 655 g/mol. The molecule has 0 spiro atoms. The van der Waals surface area contributed by atoms with E-state index in [0.29, 0.717) is 27.6 Å². The summed E-state index contributed by atoms with van der Waals surface area (Å²) in [5, 5.41) is 35.2. The van der Waals surface area contributed by atoms with E-state index in [2.05, 4.69) is 28.1 Å². The van der Waals surface area contributed by atoms with Crippen LogP contribution in [0.25, 0.3) is 0 Å². The van der Waals surface area contributed by atoms with Crippen LogP contribution in [-0.4, -0.2) is 34.6 Å². The summed E-state index contributed by atoms with van der Waals surface area (Å²) in [5.41, 5.74) is 3.01. The minimum atomic E-state index is -0.435. The summed E-state index contributed by atoms with van der Waals surface area (Å²) in [4.78, 5) is 25.3. The Bertz CT molecular complexity index is 1530. The molecule has 0 bridgehead atoms. The van der Waals surface area contributed by atoms with Crippen molar-refractivity contribution >= 4 is 64.8 Å². The number of carbonyl (C=O) groups is 2. The van der Waals surface area contributed by atoms with Crippen LogP contribution in [0.3, 0.4) is 0 Å². The summed E-state index contributed by atoms with van der Waals surface area (Å²) in [6, 6.07) is 21.8. The van der Waals surface area contributed by atoms with Crippen molar-refractivity contribution in [2.45, 2.75) is 51.5 Å². The summed E-state index contributed by atoms with van der Waals surface area (Å²) in [6.07, 6.45) is 3.42. The molecule has 8 nitrogen and oxygen atoms in total. The Morgan fingerprint density at radius 2 is 1.27 bits per heavy atom. The van der Waals surface area contributed by atoms with Crippen molar-refractivity contribution in [3.63, 3.8) is 0 Å². The number of Topliss-reactive ketones (excluding diaryl/α,β-unsaturated/α-hetero) is 2. The van der Waals surface area contributed by atoms with Gasteiger partial charge in [0.2, 0.25) is 5.78 Å². The lowest BCUT2D eigenvalue weighted by atomic mass is 9.72. The second-order valence-electron chi connectivity index (χ2n) is 10.9. The van der Waals surface area contributed by atoms with Crippen LogP contribution < -0.4 is 16.0 Å². The second-order valence-corrected chi connectivity index (χ2v) is 11.7. The van der Waals surface area contributed by atoms with Gasteiger partial charge in [0.05, 0.1) is 0 Å². The molecular formula is C33H36Cl3N5O3. The fourth-order valence-electron chi connectivity index (χ4n) is 5.37. The highest BCUT2D eigenvalue weighted by atomic mass is 35.5. The van der Waals surface area contributed by atoms with Gasteiger partial charge in [0, 0.05) is 38.5 Å². The molecule has 6 N–H and O–H groups in total. The van der Waals surface area contributed by atoms with E-state index in [1.54, 1.807) is 48.5 Å². The Balaban J connectivity index is 0.000000258. The van der Waals surface area contributed by atoms with Crippen LogP contribution in [0.1, 0.15) is 71.7 Å². The number of guanidine groups is 2. The molecule has 44 heavy (non-hydrogen) atoms. The molecule has 0 atom stereocenters. The van der Waals surface area contributed by atoms with Gasteiger partial charge in [0.15, 0.2) is 23.5 Å². The molecule has 1 fully saturated rings. The third kappa shape index (κ3) is 8.85. The summed E-state index contributed by atoms with van der Waals surface area (Å²) >= 11 is 11.7. The van der Waals surface area contributed by atoms with Crippen molar-refractivity contribution in [2.75, 3.05) is 5.32 Å². The molecule has 0 heterocycles. The maximum absolute atomic E-state index is 12.9. The second kappa shape index (κ2) is 15.7. The van der Waals surface area contributed by atoms with Gasteiger partial charge in [0.1, 0.15) is 0 Å². The lowest BCUT2D eigenvalue weighted by Crippen LogP contribution is -2.45. The number of allylic oxidation sites excluding steroid dienone is 2. The first-order chi connectivity index (χ1) is 20.5. The SMILES string of the molecule is CC(C)NC(=N)NC(=N)Nc1ccc(Cl)cc1.Cl.O=C1C(O)=C([C@H]2CC[C@H](c3ccc(Cl)cc3)CC2)C(=O)c2ccccc21. The number of aliphatic hydroxyl groups excluding tert-OH is 1. The summed E-state index contributed by atoms with van der Waals surface area (Å²) in [6.45, 7) is 3.85. The van der Waals surface area contributed by atoms with Crippen molar-refractivity contribution < 1.29 is 14.7 Å². The van der Waals surface area contributed by atoms with Crippen LogP contribution in [0.5, 0.6) is 0 Å². The molecule has 0 aliphatic heterocycles. The number of ketones is 2. The largest absolute Gasteiger partial charge is 0.504 e. The number of nitrogens with one attached hydrogen (secondary N) is 5. The topological polar surface area (TPSA) is 138 Å². The van der Waals surface area contributed by atoms with Crippen LogP contribution >= 0.6 is 35.6 Å². The third-order valence-corrected chi connectivity index (χ3v) is 7.91. The quantitative estimate of drug-likeness (QED) is 0.124. The van der Waals surface area contributed by atoms with Crippen LogP contribution in [0.2, 0.25) is 10.0 Å². The predicted molar refractivity (Wildman–Crippen MR) is 180 cm³/mol. The van der Waals surface area contributed by atoms with Gasteiger partial charge in [-0.05, 0) is 93.3 Å². The smallest absolute Gasteiger partial charge is 0.228 e. The van der Waals surface area contributed by atoms with E-state index >= 15 is 0 Å². The summed E-state index contributed by atoms with van der Waals surface area (Å²) in [7, 11) is 0. The predicted octanol–water partition coefficient (Wildman–Crippen LogP) is 8.14. The number of benzene rings is 3. The van der Waals surface area contributed by atoms with Crippen molar-refractivity contribution in [3.05, 3.63) is 111 Å². The lowest BCUT2D eigenvalue weighted by molar-refractivity contribution is 0.0914. The van der Waals surface area contributed by atoms with Crippen LogP contribution in [0.4, 0.5) is 5.69 Å². The van der Waals surface area contributed by atoms with Crippen molar-refractivity contribution in [2.24, 2.45) is 5.92 Å². The number of halogens is 3. The first-order valence-electron chi connectivity index (χ1n) is 14.1. The highest BCUT2D eigenvalue weighted by molar-refractivity contribution is 6.31. The zero-order chi connectivity index (χ0) is 31.1. The molecule has 0 aromatic heterocycles. The molecule has 11 heteroatoms. The summed E-state index contributed by atoms with van der Waals surface area (Å²) < 4.78 is 0. The van der Waals surface area contributed by atoms with E-state index in [-0.39, 0.29) is 47.8 Å². The van der Waals surface area contributed by atoms with Crippen molar-refractivity contribution in [3.8, 4) is 0 Å². The molecule has 0 saturated heterocycles. The molecule has 2 aliphatic rings. The van der Waals surface area contributed by atoms with Gasteiger partial charge in [-0.3, -0.25) is 25.7 Å². The zero-order valence-corrected chi connectivity index (χ0v) is 26.7. The number of hydrogen-bond acceptors (Lipinski definition) is 5. The van der Waals surface area contributed by atoms with Crippen LogP contribution in [0.15, 0.2) is 84.1 Å². The van der Waals surface area contributed by atoms with Gasteiger partial charge < -0.3 is 15.7 Å². The van der Waals surface area contributed by atoms with E-state index in [9.17, 15) is 14.7 Å². The molecule has 5 rings (SSSR count). The average Bonchev–Trinajstić information content (AvgIpc) is 2.98.